The molecular weight excluding hydrogens is 425 g/mol. The lowest BCUT2D eigenvalue weighted by molar-refractivity contribution is -0.116. The van der Waals surface area contributed by atoms with Gasteiger partial charge in [0.25, 0.3) is 5.91 Å². The van der Waals surface area contributed by atoms with Crippen LogP contribution in [0, 0.1) is 5.82 Å². The lowest BCUT2D eigenvalue weighted by Gasteiger charge is -2.27. The number of benzene rings is 3. The third-order valence-corrected chi connectivity index (χ3v) is 6.38. The number of fused-ring (bicyclic) bond motifs is 1. The Morgan fingerprint density at radius 3 is 2.66 bits per heavy atom. The average molecular weight is 450 g/mol. The lowest BCUT2D eigenvalue weighted by Crippen LogP contribution is -2.40. The van der Waals surface area contributed by atoms with Gasteiger partial charge in [-0.2, -0.15) is 11.8 Å². The van der Waals surface area contributed by atoms with Crippen LogP contribution >= 0.6 is 11.8 Å². The maximum Gasteiger partial charge on any atom is 0.251 e. The second kappa shape index (κ2) is 9.87. The normalized spacial score (nSPS) is 15.8. The fourth-order valence-corrected chi connectivity index (χ4v) is 4.54. The fraction of sp³-hybridized carbons (Fsp3) is 0.200. The zero-order valence-corrected chi connectivity index (χ0v) is 18.4. The Balaban J connectivity index is 1.36. The van der Waals surface area contributed by atoms with Crippen LogP contribution in [0.3, 0.4) is 0 Å². The third kappa shape index (κ3) is 5.29. The summed E-state index contributed by atoms with van der Waals surface area (Å²) in [5.74, 6) is 0.544. The molecule has 2 unspecified atom stereocenters. The fourth-order valence-electron chi connectivity index (χ4n) is 3.53. The van der Waals surface area contributed by atoms with E-state index in [1.807, 2.05) is 43.3 Å². The Hall–Kier alpha value is -3.32. The molecule has 0 radical (unpaired) electrons. The van der Waals surface area contributed by atoms with Crippen LogP contribution in [0.15, 0.2) is 72.8 Å². The van der Waals surface area contributed by atoms with E-state index in [9.17, 15) is 14.0 Å². The van der Waals surface area contributed by atoms with E-state index in [0.717, 1.165) is 16.8 Å². The minimum absolute atomic E-state index is 0.132. The summed E-state index contributed by atoms with van der Waals surface area (Å²) in [6, 6.07) is 20.9. The Bertz CT molecular complexity index is 1120. The van der Waals surface area contributed by atoms with Crippen LogP contribution in [-0.4, -0.2) is 23.6 Å². The van der Waals surface area contributed by atoms with Crippen LogP contribution in [0.5, 0.6) is 0 Å². The molecule has 0 saturated heterocycles. The van der Waals surface area contributed by atoms with Gasteiger partial charge < -0.3 is 16.0 Å². The van der Waals surface area contributed by atoms with Crippen molar-refractivity contribution in [1.82, 2.24) is 5.32 Å². The molecule has 0 saturated carbocycles. The van der Waals surface area contributed by atoms with E-state index in [4.69, 9.17) is 0 Å². The molecule has 32 heavy (non-hydrogen) atoms. The summed E-state index contributed by atoms with van der Waals surface area (Å²) in [5.41, 5.74) is 3.74. The van der Waals surface area contributed by atoms with Gasteiger partial charge in [0.05, 0.1) is 17.4 Å². The molecular formula is C25H24FN3O2S. The summed E-state index contributed by atoms with van der Waals surface area (Å²) >= 11 is 1.56. The first-order chi connectivity index (χ1) is 15.5. The van der Waals surface area contributed by atoms with Crippen molar-refractivity contribution in [3.8, 4) is 0 Å². The Labute approximate surface area is 190 Å². The molecule has 7 heteroatoms. The average Bonchev–Trinajstić information content (AvgIpc) is 2.79. The molecule has 3 aromatic rings. The van der Waals surface area contributed by atoms with Crippen molar-refractivity contribution in [3.63, 3.8) is 0 Å². The molecule has 0 fully saturated rings. The van der Waals surface area contributed by atoms with Crippen molar-refractivity contribution in [3.05, 3.63) is 95.3 Å². The number of nitrogens with one attached hydrogen (secondary N) is 3. The quantitative estimate of drug-likeness (QED) is 0.476. The van der Waals surface area contributed by atoms with Crippen LogP contribution < -0.4 is 16.0 Å². The van der Waals surface area contributed by atoms with Gasteiger partial charge in [0.2, 0.25) is 5.91 Å². The number of halogens is 1. The number of thioether (sulfide) groups is 1. The number of amides is 2. The van der Waals surface area contributed by atoms with Crippen LogP contribution in [0.1, 0.15) is 34.5 Å². The zero-order valence-electron chi connectivity index (χ0n) is 17.6. The molecule has 1 aliphatic heterocycles. The first-order valence-electron chi connectivity index (χ1n) is 10.4. The van der Waals surface area contributed by atoms with Gasteiger partial charge >= 0.3 is 0 Å². The molecule has 4 rings (SSSR count). The number of hydrogen-bond donors (Lipinski definition) is 3. The van der Waals surface area contributed by atoms with Crippen molar-refractivity contribution in [2.45, 2.75) is 24.8 Å². The first-order valence-corrected chi connectivity index (χ1v) is 11.5. The first kappa shape index (κ1) is 21.9. The van der Waals surface area contributed by atoms with Crippen LogP contribution in [0.4, 0.5) is 15.8 Å². The second-order valence-electron chi connectivity index (χ2n) is 7.70. The van der Waals surface area contributed by atoms with Crippen molar-refractivity contribution >= 4 is 35.0 Å². The highest BCUT2D eigenvalue weighted by molar-refractivity contribution is 7.98. The molecule has 2 amide bonds. The van der Waals surface area contributed by atoms with Gasteiger partial charge in [-0.1, -0.05) is 42.5 Å². The molecule has 164 valence electrons. The van der Waals surface area contributed by atoms with Gasteiger partial charge in [-0.3, -0.25) is 9.59 Å². The third-order valence-electron chi connectivity index (χ3n) is 5.28. The van der Waals surface area contributed by atoms with Crippen molar-refractivity contribution in [1.29, 1.82) is 0 Å². The molecule has 5 nitrogen and oxygen atoms in total. The smallest absolute Gasteiger partial charge is 0.251 e. The molecule has 1 aliphatic rings. The van der Waals surface area contributed by atoms with E-state index >= 15 is 0 Å². The van der Waals surface area contributed by atoms with E-state index < -0.39 is 6.04 Å². The maximum absolute atomic E-state index is 13.3. The SMILES string of the molecule is CC(NC(=O)c1ccc2c(c1)NC(=O)C(CSCc1cccc(F)c1)N2)c1ccccc1. The molecule has 0 bridgehead atoms. The van der Waals surface area contributed by atoms with Crippen molar-refractivity contribution in [2.75, 3.05) is 16.4 Å². The summed E-state index contributed by atoms with van der Waals surface area (Å²) in [5, 5.41) is 9.12. The topological polar surface area (TPSA) is 70.2 Å². The Kier molecular flexibility index (Phi) is 6.75. The minimum Gasteiger partial charge on any atom is -0.371 e. The second-order valence-corrected chi connectivity index (χ2v) is 8.73. The van der Waals surface area contributed by atoms with Crippen molar-refractivity contribution < 1.29 is 14.0 Å². The maximum atomic E-state index is 13.3. The number of rotatable bonds is 7. The van der Waals surface area contributed by atoms with E-state index in [1.165, 1.54) is 12.1 Å². The predicted octanol–water partition coefficient (Wildman–Crippen LogP) is 4.98. The van der Waals surface area contributed by atoms with Crippen LogP contribution in [0.25, 0.3) is 0 Å². The van der Waals surface area contributed by atoms with Gasteiger partial charge in [-0.05, 0) is 48.4 Å². The summed E-state index contributed by atoms with van der Waals surface area (Å²) < 4.78 is 13.3. The monoisotopic (exact) mass is 449 g/mol. The Morgan fingerprint density at radius 2 is 1.88 bits per heavy atom. The number of hydrogen-bond acceptors (Lipinski definition) is 4. The standard InChI is InChI=1S/C25H24FN3O2S/c1-16(18-7-3-2-4-8-18)27-24(30)19-10-11-21-22(13-19)29-25(31)23(28-21)15-32-14-17-6-5-9-20(26)12-17/h2-13,16,23,28H,14-15H2,1H3,(H,27,30)(H,29,31). The van der Waals surface area contributed by atoms with E-state index in [2.05, 4.69) is 16.0 Å². The Morgan fingerprint density at radius 1 is 1.06 bits per heavy atom. The van der Waals surface area contributed by atoms with Gasteiger partial charge in [-0.15, -0.1) is 0 Å². The highest BCUT2D eigenvalue weighted by atomic mass is 32.2. The molecule has 3 aromatic carbocycles. The van der Waals surface area contributed by atoms with Gasteiger partial charge in [0, 0.05) is 17.1 Å². The van der Waals surface area contributed by atoms with Crippen LogP contribution in [-0.2, 0) is 10.5 Å². The summed E-state index contributed by atoms with van der Waals surface area (Å²) in [7, 11) is 0. The molecule has 0 aliphatic carbocycles. The predicted molar refractivity (Wildman–Crippen MR) is 127 cm³/mol. The number of carbonyl (C=O) groups excluding carboxylic acids is 2. The number of anilines is 2. The summed E-state index contributed by atoms with van der Waals surface area (Å²) in [4.78, 5) is 25.2. The largest absolute Gasteiger partial charge is 0.371 e. The minimum atomic E-state index is -0.404. The zero-order chi connectivity index (χ0) is 22.5. The van der Waals surface area contributed by atoms with Gasteiger partial charge in [0.15, 0.2) is 0 Å². The van der Waals surface area contributed by atoms with Gasteiger partial charge in [0.1, 0.15) is 11.9 Å². The summed E-state index contributed by atoms with van der Waals surface area (Å²) in [6.07, 6.45) is 0. The van der Waals surface area contributed by atoms with Crippen LogP contribution in [0.2, 0.25) is 0 Å². The lowest BCUT2D eigenvalue weighted by atomic mass is 10.1. The molecule has 3 N–H and O–H groups in total. The highest BCUT2D eigenvalue weighted by Crippen LogP contribution is 2.29. The van der Waals surface area contributed by atoms with E-state index in [1.54, 1.807) is 36.0 Å². The highest BCUT2D eigenvalue weighted by Gasteiger charge is 2.26. The number of carbonyl (C=O) groups is 2. The van der Waals surface area contributed by atoms with E-state index in [0.29, 0.717) is 22.8 Å². The molecule has 1 heterocycles. The molecule has 2 atom stereocenters. The van der Waals surface area contributed by atoms with Gasteiger partial charge in [-0.25, -0.2) is 4.39 Å². The van der Waals surface area contributed by atoms with E-state index in [-0.39, 0.29) is 23.7 Å². The molecule has 0 spiro atoms. The van der Waals surface area contributed by atoms with Crippen molar-refractivity contribution in [2.24, 2.45) is 0 Å². The summed E-state index contributed by atoms with van der Waals surface area (Å²) in [6.45, 7) is 1.93. The molecule has 0 aromatic heterocycles.